The number of anilines is 1. The van der Waals surface area contributed by atoms with Gasteiger partial charge in [-0.1, -0.05) is 67.1 Å². The van der Waals surface area contributed by atoms with E-state index in [1.54, 1.807) is 18.3 Å². The van der Waals surface area contributed by atoms with Gasteiger partial charge in [-0.25, -0.2) is 8.78 Å². The number of allylic oxidation sites excluding steroid dienone is 1. The van der Waals surface area contributed by atoms with E-state index in [0.717, 1.165) is 38.6 Å². The van der Waals surface area contributed by atoms with E-state index in [2.05, 4.69) is 28.7 Å². The molecule has 0 saturated heterocycles. The Morgan fingerprint density at radius 3 is 2.00 bits per heavy atom. The molecule has 6 heteroatoms. The first-order valence-corrected chi connectivity index (χ1v) is 13.5. The van der Waals surface area contributed by atoms with Crippen LogP contribution in [0.1, 0.15) is 42.5 Å². The first-order chi connectivity index (χ1) is 19.5. The van der Waals surface area contributed by atoms with E-state index in [-0.39, 0.29) is 23.8 Å². The van der Waals surface area contributed by atoms with Crippen LogP contribution in [0.15, 0.2) is 91.3 Å². The van der Waals surface area contributed by atoms with Crippen LogP contribution in [0.3, 0.4) is 0 Å². The first-order valence-electron chi connectivity index (χ1n) is 13.5. The highest BCUT2D eigenvalue weighted by Gasteiger charge is 2.33. The van der Waals surface area contributed by atoms with Gasteiger partial charge >= 0.3 is 0 Å². The molecule has 2 N–H and O–H groups in total. The number of aryl methyl sites for hydroxylation is 2. The summed E-state index contributed by atoms with van der Waals surface area (Å²) < 4.78 is 27.2. The number of carbonyl (C=O) groups is 1. The molecular weight excluding hydrogens is 516 g/mol. The zero-order chi connectivity index (χ0) is 29.7. The summed E-state index contributed by atoms with van der Waals surface area (Å²) in [7, 11) is 0. The number of aromatic nitrogens is 2. The molecule has 41 heavy (non-hydrogen) atoms. The van der Waals surface area contributed by atoms with Crippen LogP contribution < -0.4 is 5.73 Å². The summed E-state index contributed by atoms with van der Waals surface area (Å²) in [6, 6.07) is 19.9. The first kappa shape index (κ1) is 29.5. The smallest absolute Gasteiger partial charge is 0.149 e. The maximum atomic E-state index is 14.0. The third kappa shape index (κ3) is 6.65. The zero-order valence-corrected chi connectivity index (χ0v) is 24.0. The third-order valence-electron chi connectivity index (χ3n) is 7.53. The molecule has 0 fully saturated rings. The Morgan fingerprint density at radius 2 is 1.41 bits per heavy atom. The topological polar surface area (TPSA) is 68.9 Å². The molecule has 1 atom stereocenters. The van der Waals surface area contributed by atoms with Crippen molar-refractivity contribution >= 4 is 33.3 Å². The lowest BCUT2D eigenvalue weighted by atomic mass is 9.73. The van der Waals surface area contributed by atoms with Crippen molar-refractivity contribution in [1.82, 2.24) is 9.97 Å². The molecule has 0 aliphatic carbocycles. The number of benzene rings is 3. The average molecular weight is 552 g/mol. The van der Waals surface area contributed by atoms with Gasteiger partial charge in [-0.2, -0.15) is 0 Å². The monoisotopic (exact) mass is 551 g/mol. The summed E-state index contributed by atoms with van der Waals surface area (Å²) >= 11 is 0. The lowest BCUT2D eigenvalue weighted by Gasteiger charge is -2.29. The number of nitrogens with two attached hydrogens (primary N) is 1. The fourth-order valence-electron chi connectivity index (χ4n) is 5.23. The number of hydrogen-bond acceptors (Lipinski definition) is 4. The zero-order valence-electron chi connectivity index (χ0n) is 24.0. The van der Waals surface area contributed by atoms with Crippen molar-refractivity contribution in [3.05, 3.63) is 125 Å². The molecule has 0 bridgehead atoms. The number of pyridine rings is 2. The van der Waals surface area contributed by atoms with E-state index in [1.165, 1.54) is 18.3 Å². The summed E-state index contributed by atoms with van der Waals surface area (Å²) in [5.41, 5.74) is 11.2. The summed E-state index contributed by atoms with van der Waals surface area (Å²) in [6.45, 7) is 11.8. The molecule has 2 heterocycles. The second-order valence-corrected chi connectivity index (χ2v) is 11.0. The van der Waals surface area contributed by atoms with Gasteiger partial charge in [0.25, 0.3) is 0 Å². The van der Waals surface area contributed by atoms with Crippen LogP contribution in [0.4, 0.5) is 14.5 Å². The highest BCUT2D eigenvalue weighted by Crippen LogP contribution is 2.33. The second-order valence-electron chi connectivity index (χ2n) is 11.0. The number of fused-ring (bicyclic) bond motifs is 2. The van der Waals surface area contributed by atoms with Crippen LogP contribution in [0.5, 0.6) is 0 Å². The number of para-hydroxylation sites is 2. The Kier molecular flexibility index (Phi) is 8.92. The molecule has 3 aromatic carbocycles. The van der Waals surface area contributed by atoms with Crippen molar-refractivity contribution in [2.75, 3.05) is 5.73 Å². The van der Waals surface area contributed by atoms with Crippen molar-refractivity contribution in [3.8, 4) is 0 Å². The van der Waals surface area contributed by atoms with Crippen LogP contribution in [0.25, 0.3) is 21.8 Å². The second kappa shape index (κ2) is 12.4. The van der Waals surface area contributed by atoms with Gasteiger partial charge in [0, 0.05) is 28.8 Å². The Balaban J connectivity index is 0.000000247. The summed E-state index contributed by atoms with van der Waals surface area (Å²) in [6.07, 6.45) is 4.70. The Labute approximate surface area is 240 Å². The van der Waals surface area contributed by atoms with Crippen LogP contribution in [-0.2, 0) is 17.6 Å². The number of nitrogens with zero attached hydrogens (tertiary/aromatic N) is 2. The summed E-state index contributed by atoms with van der Waals surface area (Å²) in [5, 5.41) is 1.54. The van der Waals surface area contributed by atoms with Crippen LogP contribution in [-0.4, -0.2) is 15.8 Å². The molecular formula is C35H35F2N3O. The number of Topliss-reactive ketones (excluding diaryl/α,β-unsaturated/α-hetero) is 1. The van der Waals surface area contributed by atoms with Crippen molar-refractivity contribution in [2.24, 2.45) is 5.41 Å². The molecule has 0 radical (unpaired) electrons. The van der Waals surface area contributed by atoms with Gasteiger partial charge in [0.15, 0.2) is 0 Å². The molecule has 210 valence electrons. The van der Waals surface area contributed by atoms with E-state index in [9.17, 15) is 13.6 Å². The number of hydrogen-bond donors (Lipinski definition) is 1. The lowest BCUT2D eigenvalue weighted by molar-refractivity contribution is -0.127. The normalized spacial score (nSPS) is 12.4. The highest BCUT2D eigenvalue weighted by molar-refractivity contribution is 5.90. The molecule has 2 aromatic heterocycles. The van der Waals surface area contributed by atoms with E-state index >= 15 is 0 Å². The predicted molar refractivity (Wildman–Crippen MR) is 164 cm³/mol. The molecule has 1 unspecified atom stereocenters. The van der Waals surface area contributed by atoms with Crippen molar-refractivity contribution in [1.29, 1.82) is 0 Å². The molecule has 5 rings (SSSR count). The lowest BCUT2D eigenvalue weighted by Crippen LogP contribution is -2.32. The predicted octanol–water partition coefficient (Wildman–Crippen LogP) is 8.27. The largest absolute Gasteiger partial charge is 0.397 e. The highest BCUT2D eigenvalue weighted by atomic mass is 19.1. The number of ketones is 1. The molecule has 0 saturated carbocycles. The number of halogens is 2. The minimum absolute atomic E-state index is 0.153. The molecule has 0 amide bonds. The summed E-state index contributed by atoms with van der Waals surface area (Å²) in [5.74, 6) is -0.490. The van der Waals surface area contributed by atoms with Crippen LogP contribution >= 0.6 is 0 Å². The SMILES string of the molecule is C=C(C)CC(C)(Cc1ccccc1)C(=O)Cc1cnc2c(F)cccc2c1C.Cc1c(N)cnc2c(F)cccc12. The van der Waals surface area contributed by atoms with Gasteiger partial charge in [-0.3, -0.25) is 14.8 Å². The maximum absolute atomic E-state index is 14.0. The molecule has 0 aliphatic heterocycles. The van der Waals surface area contributed by atoms with E-state index < -0.39 is 5.41 Å². The number of rotatable bonds is 7. The Hall–Kier alpha value is -4.45. The van der Waals surface area contributed by atoms with Crippen LogP contribution in [0, 0.1) is 30.9 Å². The molecule has 5 aromatic rings. The minimum Gasteiger partial charge on any atom is -0.397 e. The van der Waals surface area contributed by atoms with Gasteiger partial charge in [0.2, 0.25) is 0 Å². The van der Waals surface area contributed by atoms with E-state index in [1.807, 2.05) is 58.0 Å². The van der Waals surface area contributed by atoms with Crippen molar-refractivity contribution < 1.29 is 13.6 Å². The fraction of sp³-hybridized carbons (Fsp3) is 0.229. The van der Waals surface area contributed by atoms with Crippen molar-refractivity contribution in [3.63, 3.8) is 0 Å². The van der Waals surface area contributed by atoms with Crippen molar-refractivity contribution in [2.45, 2.75) is 47.0 Å². The quantitative estimate of drug-likeness (QED) is 0.207. The van der Waals surface area contributed by atoms with Gasteiger partial charge in [0.05, 0.1) is 11.9 Å². The van der Waals surface area contributed by atoms with Gasteiger partial charge in [-0.05, 0) is 68.0 Å². The van der Waals surface area contributed by atoms with Crippen LogP contribution in [0.2, 0.25) is 0 Å². The number of nitrogen functional groups attached to an aromatic ring is 1. The van der Waals surface area contributed by atoms with E-state index in [0.29, 0.717) is 29.6 Å². The third-order valence-corrected chi connectivity index (χ3v) is 7.53. The Bertz CT molecular complexity index is 1730. The standard InChI is InChI=1S/C25H26FNO.C10H9FN2/c1-17(2)14-25(4,15-19-9-6-5-7-10-19)23(28)13-20-16-27-24-21(18(20)3)11-8-12-22(24)26;1-6-7-3-2-4-8(11)10(7)13-5-9(6)12/h5-12,16H,1,13-15H2,2-4H3;2-5H,12H2,1H3. The average Bonchev–Trinajstić information content (AvgIpc) is 2.93. The maximum Gasteiger partial charge on any atom is 0.149 e. The van der Waals surface area contributed by atoms with Gasteiger partial charge in [-0.15, -0.1) is 6.58 Å². The number of carbonyl (C=O) groups excluding carboxylic acids is 1. The fourth-order valence-corrected chi connectivity index (χ4v) is 5.23. The van der Waals surface area contributed by atoms with Gasteiger partial charge in [0.1, 0.15) is 28.5 Å². The van der Waals surface area contributed by atoms with E-state index in [4.69, 9.17) is 5.73 Å². The minimum atomic E-state index is -0.545. The Morgan fingerprint density at radius 1 is 0.854 bits per heavy atom. The van der Waals surface area contributed by atoms with Gasteiger partial charge < -0.3 is 5.73 Å². The summed E-state index contributed by atoms with van der Waals surface area (Å²) in [4.78, 5) is 21.6. The molecule has 0 aliphatic rings. The molecule has 4 nitrogen and oxygen atoms in total. The molecule has 0 spiro atoms.